The molecule has 0 amide bonds. The Bertz CT molecular complexity index is 898. The first-order valence-electron chi connectivity index (χ1n) is 6.84. The van der Waals surface area contributed by atoms with Crippen LogP contribution in [0.3, 0.4) is 0 Å². The summed E-state index contributed by atoms with van der Waals surface area (Å²) in [5, 5.41) is 2.37. The molecule has 2 aromatic heterocycles. The number of nitrogens with one attached hydrogen (secondary N) is 1. The fraction of sp³-hybridized carbons (Fsp3) is 0.111. The molecule has 2 heterocycles. The molecule has 4 rings (SSSR count). The molecule has 98 valence electrons. The minimum Gasteiger partial charge on any atom is -0.456 e. The Labute approximate surface area is 117 Å². The molecule has 0 saturated carbocycles. The highest BCUT2D eigenvalue weighted by Gasteiger charge is 2.07. The Balaban J connectivity index is 1.80. The Hall–Kier alpha value is -2.48. The van der Waals surface area contributed by atoms with Gasteiger partial charge in [-0.15, -0.1) is 0 Å². The van der Waals surface area contributed by atoms with Crippen LogP contribution in [0.15, 0.2) is 59.0 Å². The van der Waals surface area contributed by atoms with Crippen molar-refractivity contribution in [2.24, 2.45) is 0 Å². The van der Waals surface area contributed by atoms with Crippen molar-refractivity contribution in [2.75, 3.05) is 0 Å². The topological polar surface area (TPSA) is 28.9 Å². The van der Waals surface area contributed by atoms with Crippen molar-refractivity contribution in [3.8, 4) is 0 Å². The van der Waals surface area contributed by atoms with E-state index in [1.54, 1.807) is 0 Å². The summed E-state index contributed by atoms with van der Waals surface area (Å²) in [4.78, 5) is 3.37. The summed E-state index contributed by atoms with van der Waals surface area (Å²) in [6.07, 6.45) is 0.904. The zero-order chi connectivity index (χ0) is 13.5. The Morgan fingerprint density at radius 2 is 1.75 bits per heavy atom. The first-order valence-corrected chi connectivity index (χ1v) is 6.84. The molecule has 0 bridgehead atoms. The molecule has 2 aromatic carbocycles. The van der Waals surface area contributed by atoms with E-state index < -0.39 is 0 Å². The largest absolute Gasteiger partial charge is 0.456 e. The lowest BCUT2D eigenvalue weighted by Gasteiger charge is -1.99. The van der Waals surface area contributed by atoms with Crippen molar-refractivity contribution in [3.63, 3.8) is 0 Å². The van der Waals surface area contributed by atoms with Gasteiger partial charge in [0.2, 0.25) is 0 Å². The summed E-state index contributed by atoms with van der Waals surface area (Å²) in [6.45, 7) is 2.08. The molecule has 2 nitrogen and oxygen atoms in total. The maximum Gasteiger partial charge on any atom is 0.135 e. The van der Waals surface area contributed by atoms with Crippen LogP contribution in [0.5, 0.6) is 0 Å². The average molecular weight is 261 g/mol. The van der Waals surface area contributed by atoms with Crippen LogP contribution in [-0.2, 0) is 6.42 Å². The second kappa shape index (κ2) is 4.27. The number of rotatable bonds is 2. The second-order valence-electron chi connectivity index (χ2n) is 5.27. The second-order valence-corrected chi connectivity index (χ2v) is 5.27. The summed E-state index contributed by atoms with van der Waals surface area (Å²) < 4.78 is 5.93. The van der Waals surface area contributed by atoms with Gasteiger partial charge in [-0.25, -0.2) is 0 Å². The summed E-state index contributed by atoms with van der Waals surface area (Å²) in [5.41, 5.74) is 5.61. The van der Waals surface area contributed by atoms with Crippen LogP contribution in [0.25, 0.3) is 21.9 Å². The number of aromatic nitrogens is 1. The van der Waals surface area contributed by atoms with Gasteiger partial charge in [0.25, 0.3) is 0 Å². The van der Waals surface area contributed by atoms with E-state index in [9.17, 15) is 0 Å². The fourth-order valence-electron chi connectivity index (χ4n) is 2.77. The van der Waals surface area contributed by atoms with Crippen LogP contribution in [-0.4, -0.2) is 4.98 Å². The first-order chi connectivity index (χ1) is 9.79. The van der Waals surface area contributed by atoms with Crippen molar-refractivity contribution >= 4 is 21.9 Å². The van der Waals surface area contributed by atoms with E-state index in [1.165, 1.54) is 27.7 Å². The highest BCUT2D eigenvalue weighted by Crippen LogP contribution is 2.29. The van der Waals surface area contributed by atoms with Crippen LogP contribution in [0.2, 0.25) is 0 Å². The molecule has 0 fully saturated rings. The number of para-hydroxylation sites is 1. The number of aryl methyl sites for hydroxylation is 1. The van der Waals surface area contributed by atoms with Crippen LogP contribution in [0.1, 0.15) is 17.0 Å². The molecule has 0 aliphatic carbocycles. The third-order valence-electron chi connectivity index (χ3n) is 3.73. The Kier molecular flexibility index (Phi) is 2.43. The molecule has 1 N–H and O–H groups in total. The molecular formula is C18H15NO. The molecule has 0 atom stereocenters. The quantitative estimate of drug-likeness (QED) is 0.551. The summed E-state index contributed by atoms with van der Waals surface area (Å²) >= 11 is 0. The normalized spacial score (nSPS) is 11.4. The van der Waals surface area contributed by atoms with Gasteiger partial charge in [0, 0.05) is 28.6 Å². The van der Waals surface area contributed by atoms with E-state index in [4.69, 9.17) is 4.42 Å². The fourth-order valence-corrected chi connectivity index (χ4v) is 2.77. The van der Waals surface area contributed by atoms with Gasteiger partial charge in [-0.2, -0.15) is 0 Å². The maximum absolute atomic E-state index is 5.93. The minimum atomic E-state index is 0.904. The molecular weight excluding hydrogens is 246 g/mol. The standard InChI is InChI=1S/C18H15NO/c1-12-6-8-14(19-12)10-13-7-9-16-15-4-2-3-5-17(15)20-18(16)11-13/h2-9,11,19H,10H2,1H3. The van der Waals surface area contributed by atoms with E-state index >= 15 is 0 Å². The third kappa shape index (κ3) is 1.81. The number of hydrogen-bond acceptors (Lipinski definition) is 1. The highest BCUT2D eigenvalue weighted by molar-refractivity contribution is 6.04. The van der Waals surface area contributed by atoms with Gasteiger partial charge in [0.15, 0.2) is 0 Å². The molecule has 0 unspecified atom stereocenters. The predicted molar refractivity (Wildman–Crippen MR) is 82.1 cm³/mol. The van der Waals surface area contributed by atoms with Gasteiger partial charge < -0.3 is 9.40 Å². The van der Waals surface area contributed by atoms with Crippen LogP contribution >= 0.6 is 0 Å². The van der Waals surface area contributed by atoms with E-state index in [0.29, 0.717) is 0 Å². The van der Waals surface area contributed by atoms with Gasteiger partial charge in [0.05, 0.1) is 0 Å². The average Bonchev–Trinajstić information content (AvgIpc) is 3.01. The van der Waals surface area contributed by atoms with Gasteiger partial charge in [-0.05, 0) is 36.8 Å². The summed E-state index contributed by atoms with van der Waals surface area (Å²) in [7, 11) is 0. The summed E-state index contributed by atoms with van der Waals surface area (Å²) in [6, 6.07) is 18.9. The molecule has 20 heavy (non-hydrogen) atoms. The number of H-pyrrole nitrogens is 1. The summed E-state index contributed by atoms with van der Waals surface area (Å²) in [5.74, 6) is 0. The molecule has 4 aromatic rings. The lowest BCUT2D eigenvalue weighted by molar-refractivity contribution is 0.668. The van der Waals surface area contributed by atoms with Gasteiger partial charge >= 0.3 is 0 Å². The minimum absolute atomic E-state index is 0.904. The Morgan fingerprint density at radius 3 is 2.60 bits per heavy atom. The number of hydrogen-bond donors (Lipinski definition) is 1. The van der Waals surface area contributed by atoms with Gasteiger partial charge in [-0.1, -0.05) is 30.3 Å². The van der Waals surface area contributed by atoms with Gasteiger partial charge in [0.1, 0.15) is 11.2 Å². The number of furan rings is 1. The van der Waals surface area contributed by atoms with Crippen molar-refractivity contribution < 1.29 is 4.42 Å². The van der Waals surface area contributed by atoms with E-state index in [-0.39, 0.29) is 0 Å². The number of benzene rings is 2. The monoisotopic (exact) mass is 261 g/mol. The Morgan fingerprint density at radius 1 is 0.900 bits per heavy atom. The van der Waals surface area contributed by atoms with Crippen molar-refractivity contribution in [1.29, 1.82) is 0 Å². The van der Waals surface area contributed by atoms with Crippen molar-refractivity contribution in [2.45, 2.75) is 13.3 Å². The molecule has 0 aliphatic heterocycles. The van der Waals surface area contributed by atoms with Crippen LogP contribution in [0.4, 0.5) is 0 Å². The van der Waals surface area contributed by atoms with Crippen molar-refractivity contribution in [1.82, 2.24) is 4.98 Å². The number of aromatic amines is 1. The third-order valence-corrected chi connectivity index (χ3v) is 3.73. The molecule has 0 radical (unpaired) electrons. The van der Waals surface area contributed by atoms with Gasteiger partial charge in [-0.3, -0.25) is 0 Å². The zero-order valence-electron chi connectivity index (χ0n) is 11.3. The predicted octanol–water partition coefficient (Wildman–Crippen LogP) is 4.81. The lowest BCUT2D eigenvalue weighted by atomic mass is 10.1. The molecule has 0 spiro atoms. The van der Waals surface area contributed by atoms with E-state index in [1.807, 2.05) is 18.2 Å². The van der Waals surface area contributed by atoms with Crippen LogP contribution < -0.4 is 0 Å². The lowest BCUT2D eigenvalue weighted by Crippen LogP contribution is -1.88. The molecule has 2 heteroatoms. The van der Waals surface area contributed by atoms with E-state index in [2.05, 4.69) is 48.3 Å². The van der Waals surface area contributed by atoms with E-state index in [0.717, 1.165) is 17.6 Å². The van der Waals surface area contributed by atoms with Crippen LogP contribution in [0, 0.1) is 6.92 Å². The first kappa shape index (κ1) is 11.4. The maximum atomic E-state index is 5.93. The van der Waals surface area contributed by atoms with Crippen molar-refractivity contribution in [3.05, 3.63) is 71.5 Å². The molecule has 0 saturated heterocycles. The molecule has 0 aliphatic rings. The SMILES string of the molecule is Cc1ccc(Cc2ccc3c(c2)oc2ccccc23)[nH]1. The number of fused-ring (bicyclic) bond motifs is 3. The highest BCUT2D eigenvalue weighted by atomic mass is 16.3. The smallest absolute Gasteiger partial charge is 0.135 e. The zero-order valence-corrected chi connectivity index (χ0v) is 11.3.